The lowest BCUT2D eigenvalue weighted by molar-refractivity contribution is 0.304. The molecule has 2 rings (SSSR count). The van der Waals surface area contributed by atoms with Gasteiger partial charge < -0.3 is 10.1 Å². The highest BCUT2D eigenvalue weighted by atomic mass is 16.5. The van der Waals surface area contributed by atoms with Crippen LogP contribution in [0.1, 0.15) is 76.0 Å². The molecule has 1 aliphatic rings. The Morgan fingerprint density at radius 1 is 1.14 bits per heavy atom. The minimum absolute atomic E-state index is 0.525. The largest absolute Gasteiger partial charge is 0.494 e. The van der Waals surface area contributed by atoms with E-state index in [0.717, 1.165) is 18.9 Å². The third-order valence-corrected chi connectivity index (χ3v) is 4.34. The van der Waals surface area contributed by atoms with Gasteiger partial charge in [0.2, 0.25) is 0 Å². The van der Waals surface area contributed by atoms with E-state index < -0.39 is 0 Å². The van der Waals surface area contributed by atoms with E-state index in [1.807, 2.05) is 0 Å². The molecule has 0 fully saturated rings. The second-order valence-electron chi connectivity index (χ2n) is 6.17. The number of unbranched alkanes of at least 4 members (excludes halogenated alkanes) is 3. The fourth-order valence-corrected chi connectivity index (χ4v) is 3.12. The van der Waals surface area contributed by atoms with Crippen molar-refractivity contribution in [2.75, 3.05) is 13.2 Å². The van der Waals surface area contributed by atoms with Crippen LogP contribution < -0.4 is 10.1 Å². The summed E-state index contributed by atoms with van der Waals surface area (Å²) in [6.45, 7) is 6.43. The Bertz CT molecular complexity index is 416. The number of ether oxygens (including phenoxy) is 1. The molecule has 2 nitrogen and oxygen atoms in total. The molecule has 0 saturated heterocycles. The molecule has 0 amide bonds. The Labute approximate surface area is 130 Å². The first kappa shape index (κ1) is 16.4. The van der Waals surface area contributed by atoms with E-state index in [2.05, 4.69) is 37.4 Å². The summed E-state index contributed by atoms with van der Waals surface area (Å²) in [7, 11) is 0. The minimum atomic E-state index is 0.525. The molecule has 1 aliphatic carbocycles. The van der Waals surface area contributed by atoms with Crippen molar-refractivity contribution < 1.29 is 4.74 Å². The summed E-state index contributed by atoms with van der Waals surface area (Å²) in [5, 5.41) is 3.68. The van der Waals surface area contributed by atoms with Gasteiger partial charge in [-0.1, -0.05) is 39.2 Å². The topological polar surface area (TPSA) is 21.3 Å². The zero-order valence-corrected chi connectivity index (χ0v) is 13.8. The number of aryl methyl sites for hydroxylation is 1. The van der Waals surface area contributed by atoms with Crippen LogP contribution in [0.3, 0.4) is 0 Å². The molecular weight excluding hydrogens is 258 g/mol. The van der Waals surface area contributed by atoms with E-state index in [4.69, 9.17) is 4.74 Å². The summed E-state index contributed by atoms with van der Waals surface area (Å²) in [5.41, 5.74) is 2.98. The monoisotopic (exact) mass is 289 g/mol. The summed E-state index contributed by atoms with van der Waals surface area (Å²) < 4.78 is 5.94. The summed E-state index contributed by atoms with van der Waals surface area (Å²) in [4.78, 5) is 0. The normalized spacial score (nSPS) is 17.5. The summed E-state index contributed by atoms with van der Waals surface area (Å²) in [5.74, 6) is 1.05. The van der Waals surface area contributed by atoms with Crippen molar-refractivity contribution in [2.45, 2.75) is 71.3 Å². The van der Waals surface area contributed by atoms with Gasteiger partial charge in [0.05, 0.1) is 6.61 Å². The average molecular weight is 289 g/mol. The van der Waals surface area contributed by atoms with Gasteiger partial charge in [-0.25, -0.2) is 0 Å². The lowest BCUT2D eigenvalue weighted by Gasteiger charge is -2.27. The first-order chi connectivity index (χ1) is 10.3. The Hall–Kier alpha value is -1.02. The number of hydrogen-bond acceptors (Lipinski definition) is 2. The fraction of sp³-hybridized carbons (Fsp3) is 0.684. The van der Waals surface area contributed by atoms with Crippen molar-refractivity contribution in [2.24, 2.45) is 0 Å². The molecule has 0 radical (unpaired) electrons. The van der Waals surface area contributed by atoms with Crippen molar-refractivity contribution in [3.05, 3.63) is 29.3 Å². The van der Waals surface area contributed by atoms with Crippen molar-refractivity contribution in [1.29, 1.82) is 0 Å². The predicted molar refractivity (Wildman–Crippen MR) is 90.1 cm³/mol. The smallest absolute Gasteiger partial charge is 0.119 e. The van der Waals surface area contributed by atoms with Gasteiger partial charge in [0, 0.05) is 6.04 Å². The Morgan fingerprint density at radius 3 is 2.86 bits per heavy atom. The molecule has 1 aromatic rings. The van der Waals surface area contributed by atoms with Crippen LogP contribution in [0.5, 0.6) is 5.75 Å². The zero-order chi connectivity index (χ0) is 14.9. The molecule has 1 aromatic carbocycles. The molecule has 0 aliphatic heterocycles. The van der Waals surface area contributed by atoms with Crippen LogP contribution in [0.4, 0.5) is 0 Å². The van der Waals surface area contributed by atoms with Crippen LogP contribution >= 0.6 is 0 Å². The number of nitrogens with one attached hydrogen (secondary N) is 1. The highest BCUT2D eigenvalue weighted by molar-refractivity contribution is 5.39. The van der Waals surface area contributed by atoms with Crippen LogP contribution in [-0.4, -0.2) is 13.2 Å². The van der Waals surface area contributed by atoms with Crippen LogP contribution in [0.2, 0.25) is 0 Å². The molecule has 1 N–H and O–H groups in total. The van der Waals surface area contributed by atoms with E-state index in [9.17, 15) is 0 Å². The highest BCUT2D eigenvalue weighted by Crippen LogP contribution is 2.32. The lowest BCUT2D eigenvalue weighted by Crippen LogP contribution is -2.25. The SMILES string of the molecule is CCCCCCOc1ccc2c(c1)C(NCCC)CCC2. The van der Waals surface area contributed by atoms with Crippen molar-refractivity contribution in [3.63, 3.8) is 0 Å². The molecule has 0 spiro atoms. The van der Waals surface area contributed by atoms with Crippen LogP contribution in [-0.2, 0) is 6.42 Å². The van der Waals surface area contributed by atoms with E-state index in [1.165, 1.54) is 62.5 Å². The number of rotatable bonds is 9. The summed E-state index contributed by atoms with van der Waals surface area (Å²) in [6.07, 6.45) is 10.0. The van der Waals surface area contributed by atoms with Crippen LogP contribution in [0, 0.1) is 0 Å². The quantitative estimate of drug-likeness (QED) is 0.644. The number of fused-ring (bicyclic) bond motifs is 1. The Morgan fingerprint density at radius 2 is 2.05 bits per heavy atom. The first-order valence-electron chi connectivity index (χ1n) is 8.84. The van der Waals surface area contributed by atoms with Crippen LogP contribution in [0.25, 0.3) is 0 Å². The van der Waals surface area contributed by atoms with Gasteiger partial charge in [-0.3, -0.25) is 0 Å². The van der Waals surface area contributed by atoms with E-state index in [0.29, 0.717) is 6.04 Å². The van der Waals surface area contributed by atoms with Crippen molar-refractivity contribution >= 4 is 0 Å². The number of benzene rings is 1. The fourth-order valence-electron chi connectivity index (χ4n) is 3.12. The zero-order valence-electron chi connectivity index (χ0n) is 13.8. The van der Waals surface area contributed by atoms with E-state index >= 15 is 0 Å². The maximum Gasteiger partial charge on any atom is 0.119 e. The second kappa shape index (κ2) is 9.09. The standard InChI is InChI=1S/C19H31NO/c1-3-5-6-7-14-21-17-12-11-16-9-8-10-19(18(16)15-17)20-13-4-2/h11-12,15,19-20H,3-10,13-14H2,1-2H3. The predicted octanol–water partition coefficient (Wildman–Crippen LogP) is 5.02. The molecule has 2 heteroatoms. The van der Waals surface area contributed by atoms with Gasteiger partial charge in [-0.15, -0.1) is 0 Å². The second-order valence-corrected chi connectivity index (χ2v) is 6.17. The third-order valence-electron chi connectivity index (χ3n) is 4.34. The highest BCUT2D eigenvalue weighted by Gasteiger charge is 2.19. The lowest BCUT2D eigenvalue weighted by atomic mass is 9.87. The first-order valence-corrected chi connectivity index (χ1v) is 8.84. The number of hydrogen-bond donors (Lipinski definition) is 1. The Kier molecular flexibility index (Phi) is 7.08. The summed E-state index contributed by atoms with van der Waals surface area (Å²) >= 11 is 0. The average Bonchev–Trinajstić information content (AvgIpc) is 2.52. The van der Waals surface area contributed by atoms with Gasteiger partial charge in [-0.2, -0.15) is 0 Å². The van der Waals surface area contributed by atoms with Crippen molar-refractivity contribution in [1.82, 2.24) is 5.32 Å². The minimum Gasteiger partial charge on any atom is -0.494 e. The molecule has 0 bridgehead atoms. The van der Waals surface area contributed by atoms with E-state index in [1.54, 1.807) is 0 Å². The van der Waals surface area contributed by atoms with Crippen molar-refractivity contribution in [3.8, 4) is 5.75 Å². The van der Waals surface area contributed by atoms with Gasteiger partial charge in [0.25, 0.3) is 0 Å². The van der Waals surface area contributed by atoms with Gasteiger partial charge in [0.15, 0.2) is 0 Å². The third kappa shape index (κ3) is 5.03. The molecule has 0 aromatic heterocycles. The van der Waals surface area contributed by atoms with E-state index in [-0.39, 0.29) is 0 Å². The molecular formula is C19H31NO. The maximum atomic E-state index is 5.94. The molecule has 118 valence electrons. The van der Waals surface area contributed by atoms with Gasteiger partial charge >= 0.3 is 0 Å². The molecule has 0 heterocycles. The maximum absolute atomic E-state index is 5.94. The van der Waals surface area contributed by atoms with Gasteiger partial charge in [-0.05, 0) is 61.9 Å². The summed E-state index contributed by atoms with van der Waals surface area (Å²) in [6, 6.07) is 7.23. The van der Waals surface area contributed by atoms with Crippen LogP contribution in [0.15, 0.2) is 18.2 Å². The Balaban J connectivity index is 1.92. The molecule has 1 atom stereocenters. The molecule has 21 heavy (non-hydrogen) atoms. The van der Waals surface area contributed by atoms with Gasteiger partial charge in [0.1, 0.15) is 5.75 Å². The molecule has 0 saturated carbocycles. The molecule has 1 unspecified atom stereocenters.